The summed E-state index contributed by atoms with van der Waals surface area (Å²) < 4.78 is 61.1. The molecule has 0 spiro atoms. The maximum atomic E-state index is 12.7. The topological polar surface area (TPSA) is 72.2 Å². The molecule has 0 aromatic heterocycles. The largest absolute Gasteiger partial charge is 0.463 e. The Hall–Kier alpha value is -1.97. The molecule has 1 amide bonds. The van der Waals surface area contributed by atoms with Crippen molar-refractivity contribution in [1.82, 2.24) is 0 Å². The number of halogens is 6. The van der Waals surface area contributed by atoms with Crippen LogP contribution in [0.25, 0.3) is 0 Å². The average Bonchev–Trinajstić information content (AvgIpc) is 2.29. The molecule has 0 aliphatic heterocycles. The summed E-state index contributed by atoms with van der Waals surface area (Å²) in [6.07, 6.45) is -6.07. The third-order valence-corrected chi connectivity index (χ3v) is 2.37. The second kappa shape index (κ2) is 5.19. The Morgan fingerprint density at radius 1 is 1.25 bits per heavy atom. The van der Waals surface area contributed by atoms with Crippen LogP contribution in [0.1, 0.15) is 0 Å². The third-order valence-electron chi connectivity index (χ3n) is 2.05. The van der Waals surface area contributed by atoms with E-state index in [9.17, 15) is 36.9 Å². The summed E-state index contributed by atoms with van der Waals surface area (Å²) in [6.45, 7) is 0. The summed E-state index contributed by atoms with van der Waals surface area (Å²) >= 11 is 5.44. The molecular formula is C9H4ClF5N2O3. The zero-order valence-corrected chi connectivity index (χ0v) is 9.93. The van der Waals surface area contributed by atoms with Gasteiger partial charge < -0.3 is 5.32 Å². The Bertz CT molecular complexity index is 561. The van der Waals surface area contributed by atoms with Gasteiger partial charge in [0.05, 0.1) is 15.6 Å². The highest BCUT2D eigenvalue weighted by Gasteiger charge is 2.63. The zero-order valence-electron chi connectivity index (χ0n) is 9.17. The van der Waals surface area contributed by atoms with Crippen LogP contribution in [-0.2, 0) is 4.79 Å². The zero-order chi connectivity index (χ0) is 15.7. The second-order valence-electron chi connectivity index (χ2n) is 3.45. The van der Waals surface area contributed by atoms with Crippen molar-refractivity contribution in [2.45, 2.75) is 12.1 Å². The van der Waals surface area contributed by atoms with Crippen LogP contribution in [0.3, 0.4) is 0 Å². The molecule has 1 rings (SSSR count). The summed E-state index contributed by atoms with van der Waals surface area (Å²) in [7, 11) is 0. The molecule has 0 saturated carbocycles. The van der Waals surface area contributed by atoms with E-state index in [2.05, 4.69) is 0 Å². The molecule has 0 aliphatic rings. The molecule has 0 bridgehead atoms. The highest BCUT2D eigenvalue weighted by atomic mass is 35.5. The number of anilines is 1. The molecule has 0 unspecified atom stereocenters. The van der Waals surface area contributed by atoms with Crippen LogP contribution in [0.5, 0.6) is 0 Å². The quantitative estimate of drug-likeness (QED) is 0.527. The molecule has 1 aromatic carbocycles. The summed E-state index contributed by atoms with van der Waals surface area (Å²) in [5.41, 5.74) is -1.12. The minimum Gasteiger partial charge on any atom is -0.319 e. The van der Waals surface area contributed by atoms with E-state index in [1.165, 1.54) is 5.32 Å². The maximum absolute atomic E-state index is 12.7. The molecule has 0 heterocycles. The van der Waals surface area contributed by atoms with E-state index >= 15 is 0 Å². The van der Waals surface area contributed by atoms with E-state index in [1.807, 2.05) is 0 Å². The lowest BCUT2D eigenvalue weighted by Crippen LogP contribution is -2.47. The number of carbonyl (C=O) groups excluding carboxylic acids is 1. The van der Waals surface area contributed by atoms with E-state index in [-0.39, 0.29) is 0 Å². The third kappa shape index (κ3) is 3.13. The predicted molar refractivity (Wildman–Crippen MR) is 57.7 cm³/mol. The number of non-ortho nitro benzene ring substituents is 1. The number of alkyl halides is 5. The van der Waals surface area contributed by atoms with Gasteiger partial charge in [-0.05, 0) is 6.07 Å². The predicted octanol–water partition coefficient (Wildman–Crippen LogP) is 3.38. The number of nitrogens with zero attached hydrogens (tertiary/aromatic N) is 1. The normalized spacial score (nSPS) is 12.1. The molecule has 11 heteroatoms. The molecule has 1 N–H and O–H groups in total. The van der Waals surface area contributed by atoms with Crippen molar-refractivity contribution in [2.75, 3.05) is 5.32 Å². The highest BCUT2D eigenvalue weighted by molar-refractivity contribution is 6.34. The molecule has 20 heavy (non-hydrogen) atoms. The van der Waals surface area contributed by atoms with E-state index in [0.29, 0.717) is 6.07 Å². The molecule has 0 fully saturated rings. The lowest BCUT2D eigenvalue weighted by molar-refractivity contribution is -0.384. The van der Waals surface area contributed by atoms with Gasteiger partial charge in [-0.15, -0.1) is 0 Å². The monoisotopic (exact) mass is 318 g/mol. The Morgan fingerprint density at radius 2 is 1.80 bits per heavy atom. The maximum Gasteiger partial charge on any atom is 0.463 e. The Morgan fingerprint density at radius 3 is 2.20 bits per heavy atom. The molecule has 1 aromatic rings. The fourth-order valence-corrected chi connectivity index (χ4v) is 1.27. The van der Waals surface area contributed by atoms with Gasteiger partial charge in [0.2, 0.25) is 0 Å². The van der Waals surface area contributed by atoms with Crippen LogP contribution >= 0.6 is 11.6 Å². The molecule has 0 radical (unpaired) electrons. The summed E-state index contributed by atoms with van der Waals surface area (Å²) in [5.74, 6) is -8.25. The van der Waals surface area contributed by atoms with Crippen LogP contribution in [0.2, 0.25) is 5.02 Å². The number of hydrogen-bond acceptors (Lipinski definition) is 3. The van der Waals surface area contributed by atoms with Crippen molar-refractivity contribution >= 4 is 28.9 Å². The van der Waals surface area contributed by atoms with Crippen LogP contribution in [0.4, 0.5) is 33.3 Å². The second-order valence-corrected chi connectivity index (χ2v) is 3.85. The van der Waals surface area contributed by atoms with Gasteiger partial charge in [0, 0.05) is 12.1 Å². The molecule has 0 atom stereocenters. The number of benzene rings is 1. The standard InChI is InChI=1S/C9H4ClF5N2O3/c10-5-3-4(17(19)20)1-2-6(5)16-7(18)8(11,12)9(13,14)15/h1-3H,(H,16,18). The first-order chi connectivity index (χ1) is 8.96. The number of rotatable bonds is 3. The van der Waals surface area contributed by atoms with Crippen LogP contribution in [0, 0.1) is 10.1 Å². The SMILES string of the molecule is O=C(Nc1ccc([N+](=O)[O-])cc1Cl)C(F)(F)C(F)(F)F. The van der Waals surface area contributed by atoms with Gasteiger partial charge in [0.15, 0.2) is 0 Å². The Kier molecular flexibility index (Phi) is 4.18. The summed E-state index contributed by atoms with van der Waals surface area (Å²) in [5, 5.41) is 11.1. The van der Waals surface area contributed by atoms with Crippen molar-refractivity contribution in [3.8, 4) is 0 Å². The minimum atomic E-state index is -6.07. The summed E-state index contributed by atoms with van der Waals surface area (Å²) in [6, 6.07) is 2.22. The van der Waals surface area contributed by atoms with E-state index < -0.39 is 39.3 Å². The number of nitro benzene ring substituents is 1. The molecule has 0 aliphatic carbocycles. The van der Waals surface area contributed by atoms with Crippen molar-refractivity contribution in [2.24, 2.45) is 0 Å². The minimum absolute atomic E-state index is 0.518. The van der Waals surface area contributed by atoms with E-state index in [4.69, 9.17) is 11.6 Å². The molecule has 110 valence electrons. The van der Waals surface area contributed by atoms with Gasteiger partial charge in [-0.25, -0.2) is 0 Å². The Labute approximate surface area is 112 Å². The van der Waals surface area contributed by atoms with Crippen LogP contribution in [-0.4, -0.2) is 22.9 Å². The van der Waals surface area contributed by atoms with Crippen LogP contribution in [0.15, 0.2) is 18.2 Å². The van der Waals surface area contributed by atoms with Gasteiger partial charge in [0.1, 0.15) is 0 Å². The van der Waals surface area contributed by atoms with Gasteiger partial charge >= 0.3 is 18.0 Å². The number of nitro groups is 1. The fraction of sp³-hybridized carbons (Fsp3) is 0.222. The number of hydrogen-bond donors (Lipinski definition) is 1. The van der Waals surface area contributed by atoms with Crippen LogP contribution < -0.4 is 5.32 Å². The fourth-order valence-electron chi connectivity index (χ4n) is 1.05. The van der Waals surface area contributed by atoms with Gasteiger partial charge in [0.25, 0.3) is 5.69 Å². The number of nitrogens with one attached hydrogen (secondary N) is 1. The highest BCUT2D eigenvalue weighted by Crippen LogP contribution is 2.37. The lowest BCUT2D eigenvalue weighted by Gasteiger charge is -2.18. The molecular weight excluding hydrogens is 315 g/mol. The van der Waals surface area contributed by atoms with E-state index in [0.717, 1.165) is 12.1 Å². The lowest BCUT2D eigenvalue weighted by atomic mass is 10.2. The summed E-state index contributed by atoms with van der Waals surface area (Å²) in [4.78, 5) is 20.4. The first-order valence-corrected chi connectivity index (χ1v) is 5.04. The smallest absolute Gasteiger partial charge is 0.319 e. The Balaban J connectivity index is 3.00. The van der Waals surface area contributed by atoms with Gasteiger partial charge in [-0.3, -0.25) is 14.9 Å². The molecule has 5 nitrogen and oxygen atoms in total. The first-order valence-electron chi connectivity index (χ1n) is 4.66. The number of amides is 1. The van der Waals surface area contributed by atoms with Gasteiger partial charge in [-0.1, -0.05) is 11.6 Å². The van der Waals surface area contributed by atoms with Crippen molar-refractivity contribution in [3.05, 3.63) is 33.3 Å². The molecule has 0 saturated heterocycles. The average molecular weight is 319 g/mol. The van der Waals surface area contributed by atoms with Crippen molar-refractivity contribution < 1.29 is 31.7 Å². The van der Waals surface area contributed by atoms with Gasteiger partial charge in [-0.2, -0.15) is 22.0 Å². The van der Waals surface area contributed by atoms with Crippen molar-refractivity contribution in [3.63, 3.8) is 0 Å². The van der Waals surface area contributed by atoms with E-state index in [1.54, 1.807) is 0 Å². The van der Waals surface area contributed by atoms with Crippen molar-refractivity contribution in [1.29, 1.82) is 0 Å². The number of carbonyl (C=O) groups is 1. The first kappa shape index (κ1) is 16.1.